The molecule has 0 bridgehead atoms. The maximum absolute atomic E-state index is 13.5. The number of ether oxygens (including phenoxy) is 1. The smallest absolute Gasteiger partial charge is 0.326 e. The number of rotatable bonds is 7. The van der Waals surface area contributed by atoms with Gasteiger partial charge < -0.3 is 4.74 Å². The summed E-state index contributed by atoms with van der Waals surface area (Å²) >= 11 is 0. The summed E-state index contributed by atoms with van der Waals surface area (Å²) in [7, 11) is -4.15. The molecule has 0 aliphatic carbocycles. The van der Waals surface area contributed by atoms with Gasteiger partial charge in [-0.1, -0.05) is 36.4 Å². The van der Waals surface area contributed by atoms with Crippen molar-refractivity contribution >= 4 is 38.1 Å². The second-order valence-electron chi connectivity index (χ2n) is 6.49. The number of nitro benzene ring substituents is 1. The zero-order valence-electron chi connectivity index (χ0n) is 16.4. The van der Waals surface area contributed by atoms with Gasteiger partial charge >= 0.3 is 5.97 Å². The maximum atomic E-state index is 13.5. The highest BCUT2D eigenvalue weighted by atomic mass is 32.2. The lowest BCUT2D eigenvalue weighted by molar-refractivity contribution is -0.383. The van der Waals surface area contributed by atoms with Crippen molar-refractivity contribution in [2.24, 2.45) is 0 Å². The minimum atomic E-state index is -4.15. The molecule has 0 spiro atoms. The Morgan fingerprint density at radius 3 is 2.27 bits per heavy atom. The van der Waals surface area contributed by atoms with Crippen molar-refractivity contribution in [1.82, 2.24) is 0 Å². The van der Waals surface area contributed by atoms with Crippen LogP contribution in [-0.2, 0) is 19.6 Å². The van der Waals surface area contributed by atoms with Crippen molar-refractivity contribution in [3.05, 3.63) is 76.3 Å². The second kappa shape index (κ2) is 8.50. The third kappa shape index (κ3) is 3.97. The Morgan fingerprint density at radius 1 is 1.07 bits per heavy atom. The van der Waals surface area contributed by atoms with Crippen LogP contribution in [0.2, 0.25) is 0 Å². The lowest BCUT2D eigenvalue weighted by Gasteiger charge is -2.26. The number of esters is 1. The van der Waals surface area contributed by atoms with Crippen LogP contribution in [0.3, 0.4) is 0 Å². The van der Waals surface area contributed by atoms with Crippen LogP contribution in [0, 0.1) is 17.0 Å². The first-order valence-electron chi connectivity index (χ1n) is 9.17. The Kier molecular flexibility index (Phi) is 6.02. The first-order valence-corrected chi connectivity index (χ1v) is 10.6. The molecule has 3 rings (SSSR count). The molecule has 9 heteroatoms. The summed E-state index contributed by atoms with van der Waals surface area (Å²) in [6, 6.07) is 15.5. The van der Waals surface area contributed by atoms with Gasteiger partial charge in [0.2, 0.25) is 0 Å². The van der Waals surface area contributed by atoms with Crippen LogP contribution in [0.1, 0.15) is 12.5 Å². The number of hydrogen-bond acceptors (Lipinski definition) is 6. The molecule has 3 aromatic carbocycles. The number of carbonyl (C=O) groups is 1. The standard InChI is InChI=1S/C21H20N2O6S/c1-3-29-20(24)14-22(30(27,28)16-9-5-4-6-10-16)21-15(2)13-19(23(25)26)17-11-7-8-12-18(17)21/h4-13H,3,14H2,1-2H3. The van der Waals surface area contributed by atoms with E-state index in [2.05, 4.69) is 0 Å². The predicted octanol–water partition coefficient (Wildman–Crippen LogP) is 3.81. The quantitative estimate of drug-likeness (QED) is 0.322. The fourth-order valence-electron chi connectivity index (χ4n) is 3.29. The highest BCUT2D eigenvalue weighted by Crippen LogP contribution is 2.38. The number of sulfonamides is 1. The molecule has 0 atom stereocenters. The number of aryl methyl sites for hydroxylation is 1. The lowest BCUT2D eigenvalue weighted by Crippen LogP contribution is -2.37. The molecule has 0 saturated carbocycles. The number of benzene rings is 3. The van der Waals surface area contributed by atoms with Crippen molar-refractivity contribution in [3.63, 3.8) is 0 Å². The van der Waals surface area contributed by atoms with Crippen LogP contribution in [0.5, 0.6) is 0 Å². The SMILES string of the molecule is CCOC(=O)CN(c1c(C)cc([N+](=O)[O-])c2ccccc12)S(=O)(=O)c1ccccc1. The van der Waals surface area contributed by atoms with E-state index < -0.39 is 27.5 Å². The third-order valence-electron chi connectivity index (χ3n) is 4.54. The Balaban J connectivity index is 2.31. The van der Waals surface area contributed by atoms with Gasteiger partial charge in [0, 0.05) is 11.5 Å². The van der Waals surface area contributed by atoms with E-state index in [1.54, 1.807) is 56.3 Å². The highest BCUT2D eigenvalue weighted by molar-refractivity contribution is 7.92. The zero-order valence-corrected chi connectivity index (χ0v) is 17.3. The minimum Gasteiger partial charge on any atom is -0.465 e. The average Bonchev–Trinajstić information content (AvgIpc) is 2.72. The average molecular weight is 428 g/mol. The van der Waals surface area contributed by atoms with Gasteiger partial charge in [-0.2, -0.15) is 0 Å². The molecule has 0 radical (unpaired) electrons. The molecular formula is C21H20N2O6S. The monoisotopic (exact) mass is 428 g/mol. The number of nitrogens with zero attached hydrogens (tertiary/aromatic N) is 2. The van der Waals surface area contributed by atoms with Gasteiger partial charge in [0.1, 0.15) is 6.54 Å². The fraction of sp³-hybridized carbons (Fsp3) is 0.190. The molecule has 156 valence electrons. The Labute approximate surface area is 173 Å². The first-order chi connectivity index (χ1) is 14.3. The summed E-state index contributed by atoms with van der Waals surface area (Å²) in [6.07, 6.45) is 0. The van der Waals surface area contributed by atoms with Gasteiger partial charge in [0.25, 0.3) is 15.7 Å². The Hall–Kier alpha value is -3.46. The molecule has 0 saturated heterocycles. The second-order valence-corrected chi connectivity index (χ2v) is 8.36. The van der Waals surface area contributed by atoms with Gasteiger partial charge in [0.05, 0.1) is 27.5 Å². The van der Waals surface area contributed by atoms with E-state index in [9.17, 15) is 23.3 Å². The predicted molar refractivity (Wildman–Crippen MR) is 113 cm³/mol. The summed E-state index contributed by atoms with van der Waals surface area (Å²) in [4.78, 5) is 23.3. The van der Waals surface area contributed by atoms with E-state index in [0.717, 1.165) is 4.31 Å². The van der Waals surface area contributed by atoms with Gasteiger partial charge in [-0.25, -0.2) is 8.42 Å². The van der Waals surface area contributed by atoms with Crippen molar-refractivity contribution in [3.8, 4) is 0 Å². The number of non-ortho nitro benzene ring substituents is 1. The zero-order chi connectivity index (χ0) is 21.9. The van der Waals surface area contributed by atoms with E-state index in [1.165, 1.54) is 18.2 Å². The molecule has 0 unspecified atom stereocenters. The molecule has 8 nitrogen and oxygen atoms in total. The van der Waals surface area contributed by atoms with Gasteiger partial charge in [-0.05, 0) is 37.6 Å². The minimum absolute atomic E-state index is 0.00358. The van der Waals surface area contributed by atoms with Crippen molar-refractivity contribution in [2.45, 2.75) is 18.7 Å². The molecule has 0 amide bonds. The molecule has 0 N–H and O–H groups in total. The normalized spacial score (nSPS) is 11.3. The van der Waals surface area contributed by atoms with E-state index in [4.69, 9.17) is 4.74 Å². The molecule has 30 heavy (non-hydrogen) atoms. The van der Waals surface area contributed by atoms with Gasteiger partial charge in [-0.3, -0.25) is 19.2 Å². The molecule has 0 heterocycles. The van der Waals surface area contributed by atoms with Crippen molar-refractivity contribution in [2.75, 3.05) is 17.5 Å². The van der Waals surface area contributed by atoms with E-state index in [0.29, 0.717) is 10.9 Å². The Bertz CT molecular complexity index is 1210. The summed E-state index contributed by atoms with van der Waals surface area (Å²) in [5.41, 5.74) is 0.414. The highest BCUT2D eigenvalue weighted by Gasteiger charge is 2.31. The molecule has 0 aliphatic heterocycles. The largest absolute Gasteiger partial charge is 0.465 e. The number of anilines is 1. The number of fused-ring (bicyclic) bond motifs is 1. The first kappa shape index (κ1) is 21.3. The number of nitro groups is 1. The lowest BCUT2D eigenvalue weighted by atomic mass is 10.0. The van der Waals surface area contributed by atoms with Crippen LogP contribution < -0.4 is 4.31 Å². The summed E-state index contributed by atoms with van der Waals surface area (Å²) in [5.74, 6) is -0.723. The van der Waals surface area contributed by atoms with Gasteiger partial charge in [0.15, 0.2) is 0 Å². The topological polar surface area (TPSA) is 107 Å². The molecule has 0 fully saturated rings. The molecule has 0 aliphatic rings. The summed E-state index contributed by atoms with van der Waals surface area (Å²) < 4.78 is 32.9. The molecule has 3 aromatic rings. The Morgan fingerprint density at radius 2 is 1.67 bits per heavy atom. The van der Waals surface area contributed by atoms with E-state index >= 15 is 0 Å². The number of hydrogen-bond donors (Lipinski definition) is 0. The number of carbonyl (C=O) groups excluding carboxylic acids is 1. The summed E-state index contributed by atoms with van der Waals surface area (Å²) in [5, 5.41) is 12.2. The summed E-state index contributed by atoms with van der Waals surface area (Å²) in [6.45, 7) is 2.74. The van der Waals surface area contributed by atoms with Gasteiger partial charge in [-0.15, -0.1) is 0 Å². The van der Waals surface area contributed by atoms with Crippen LogP contribution in [-0.4, -0.2) is 32.5 Å². The van der Waals surface area contributed by atoms with Crippen molar-refractivity contribution in [1.29, 1.82) is 0 Å². The van der Waals surface area contributed by atoms with Crippen LogP contribution >= 0.6 is 0 Å². The fourth-order valence-corrected chi connectivity index (χ4v) is 4.80. The van der Waals surface area contributed by atoms with Crippen LogP contribution in [0.4, 0.5) is 11.4 Å². The van der Waals surface area contributed by atoms with E-state index in [1.807, 2.05) is 0 Å². The van der Waals surface area contributed by atoms with Crippen LogP contribution in [0.25, 0.3) is 10.8 Å². The van der Waals surface area contributed by atoms with Crippen LogP contribution in [0.15, 0.2) is 65.6 Å². The third-order valence-corrected chi connectivity index (χ3v) is 6.30. The maximum Gasteiger partial charge on any atom is 0.326 e. The molecular weight excluding hydrogens is 408 g/mol. The van der Waals surface area contributed by atoms with Crippen molar-refractivity contribution < 1.29 is 22.9 Å². The molecule has 0 aromatic heterocycles. The van der Waals surface area contributed by atoms with E-state index in [-0.39, 0.29) is 28.3 Å².